The molecule has 2 aliphatic heterocycles. The van der Waals surface area contributed by atoms with Crippen LogP contribution in [0.25, 0.3) is 0 Å². The van der Waals surface area contributed by atoms with Crippen LogP contribution < -0.4 is 4.90 Å². The van der Waals surface area contributed by atoms with E-state index >= 15 is 0 Å². The van der Waals surface area contributed by atoms with Gasteiger partial charge >= 0.3 is 0 Å². The highest BCUT2D eigenvalue weighted by molar-refractivity contribution is 5.94. The van der Waals surface area contributed by atoms with Gasteiger partial charge < -0.3 is 9.80 Å². The zero-order chi connectivity index (χ0) is 17.9. The second kappa shape index (κ2) is 7.63. The molecule has 2 aliphatic rings. The van der Waals surface area contributed by atoms with Crippen LogP contribution in [-0.2, 0) is 6.42 Å². The van der Waals surface area contributed by atoms with E-state index in [1.54, 1.807) is 4.90 Å². The number of nitrogens with one attached hydrogen (secondary N) is 1. The van der Waals surface area contributed by atoms with Crippen molar-refractivity contribution < 1.29 is 9.69 Å². The van der Waals surface area contributed by atoms with Crippen molar-refractivity contribution >= 4 is 5.91 Å². The fourth-order valence-corrected chi connectivity index (χ4v) is 4.90. The average Bonchev–Trinajstić information content (AvgIpc) is 2.90. The van der Waals surface area contributed by atoms with Crippen molar-refractivity contribution in [2.75, 3.05) is 13.6 Å². The van der Waals surface area contributed by atoms with Crippen LogP contribution in [0, 0.1) is 0 Å². The van der Waals surface area contributed by atoms with E-state index in [2.05, 4.69) is 36.2 Å². The van der Waals surface area contributed by atoms with E-state index in [1.165, 1.54) is 18.4 Å². The molecule has 2 aromatic rings. The minimum absolute atomic E-state index is 0.200. The largest absolute Gasteiger partial charge is 0.335 e. The van der Waals surface area contributed by atoms with Gasteiger partial charge in [0.05, 0.1) is 19.1 Å². The molecule has 2 saturated heterocycles. The number of amides is 1. The molecule has 0 radical (unpaired) electrons. The Bertz CT molecular complexity index is 716. The maximum atomic E-state index is 13.3. The van der Waals surface area contributed by atoms with E-state index in [-0.39, 0.29) is 5.91 Å². The van der Waals surface area contributed by atoms with Gasteiger partial charge in [-0.15, -0.1) is 0 Å². The number of hydrogen-bond donors (Lipinski definition) is 1. The number of hydrogen-bond acceptors (Lipinski definition) is 1. The summed E-state index contributed by atoms with van der Waals surface area (Å²) in [5.41, 5.74) is 2.12. The molecule has 1 amide bonds. The van der Waals surface area contributed by atoms with Gasteiger partial charge in [-0.2, -0.15) is 0 Å². The Kier molecular flexibility index (Phi) is 5.07. The number of carbonyl (C=O) groups is 1. The summed E-state index contributed by atoms with van der Waals surface area (Å²) in [6, 6.07) is 22.2. The Balaban J connectivity index is 1.54. The fraction of sp³-hybridized carbons (Fsp3) is 0.435. The van der Waals surface area contributed by atoms with Gasteiger partial charge in [-0.25, -0.2) is 0 Å². The number of piperidine rings is 1. The molecule has 0 aliphatic carbocycles. The second-order valence-electron chi connectivity index (χ2n) is 7.94. The number of carbonyl (C=O) groups excluding carboxylic acids is 1. The van der Waals surface area contributed by atoms with Crippen LogP contribution >= 0.6 is 0 Å². The highest BCUT2D eigenvalue weighted by Crippen LogP contribution is 2.27. The lowest BCUT2D eigenvalue weighted by atomic mass is 9.95. The van der Waals surface area contributed by atoms with E-state index in [9.17, 15) is 4.79 Å². The number of rotatable bonds is 5. The summed E-state index contributed by atoms with van der Waals surface area (Å²) < 4.78 is 0. The lowest BCUT2D eigenvalue weighted by Gasteiger charge is -2.40. The predicted octanol–water partition coefficient (Wildman–Crippen LogP) is 2.58. The molecule has 3 nitrogen and oxygen atoms in total. The fourth-order valence-electron chi connectivity index (χ4n) is 4.90. The molecule has 2 heterocycles. The van der Waals surface area contributed by atoms with Crippen molar-refractivity contribution in [3.63, 3.8) is 0 Å². The highest BCUT2D eigenvalue weighted by atomic mass is 16.2. The van der Waals surface area contributed by atoms with Crippen LogP contribution in [0.15, 0.2) is 60.7 Å². The van der Waals surface area contributed by atoms with E-state index in [4.69, 9.17) is 0 Å². The lowest BCUT2D eigenvalue weighted by molar-refractivity contribution is -0.922. The molecule has 136 valence electrons. The van der Waals surface area contributed by atoms with Crippen molar-refractivity contribution in [3.05, 3.63) is 71.8 Å². The molecular formula is C23H29N2O+. The molecule has 3 heteroatoms. The van der Waals surface area contributed by atoms with Gasteiger partial charge in [-0.05, 0) is 24.1 Å². The molecule has 0 spiro atoms. The first kappa shape index (κ1) is 17.3. The second-order valence-corrected chi connectivity index (χ2v) is 7.94. The summed E-state index contributed by atoms with van der Waals surface area (Å²) in [6.07, 6.45) is 5.86. The molecule has 0 saturated carbocycles. The van der Waals surface area contributed by atoms with Gasteiger partial charge in [0, 0.05) is 43.8 Å². The lowest BCUT2D eigenvalue weighted by Crippen LogP contribution is -3.15. The van der Waals surface area contributed by atoms with E-state index in [0.717, 1.165) is 43.5 Å². The normalized spacial score (nSPS) is 27.3. The van der Waals surface area contributed by atoms with Crippen molar-refractivity contribution in [1.82, 2.24) is 4.90 Å². The summed E-state index contributed by atoms with van der Waals surface area (Å²) in [7, 11) is 2.34. The van der Waals surface area contributed by atoms with E-state index in [1.807, 2.05) is 36.4 Å². The molecule has 2 aromatic carbocycles. The van der Waals surface area contributed by atoms with Gasteiger partial charge in [0.15, 0.2) is 0 Å². The Morgan fingerprint density at radius 1 is 0.962 bits per heavy atom. The van der Waals surface area contributed by atoms with Gasteiger partial charge in [0.2, 0.25) is 0 Å². The van der Waals surface area contributed by atoms with E-state index < -0.39 is 0 Å². The molecule has 2 fully saturated rings. The smallest absolute Gasteiger partial charge is 0.254 e. The van der Waals surface area contributed by atoms with Crippen molar-refractivity contribution in [2.45, 2.75) is 50.2 Å². The third-order valence-corrected chi connectivity index (χ3v) is 6.47. The quantitative estimate of drug-likeness (QED) is 0.882. The molecule has 2 unspecified atom stereocenters. The standard InChI is InChI=1S/C23H28N2O/c1-24-20-12-13-21(24)17-22(16-20)25(15-14-18-8-4-2-5-9-18)23(26)19-10-6-3-7-11-19/h2-11,20-22H,12-17H2,1H3/p+1. The monoisotopic (exact) mass is 349 g/mol. The van der Waals surface area contributed by atoms with E-state index in [0.29, 0.717) is 6.04 Å². The Hall–Kier alpha value is -2.13. The summed E-state index contributed by atoms with van der Waals surface area (Å²) in [4.78, 5) is 17.2. The van der Waals surface area contributed by atoms with Crippen LogP contribution in [0.1, 0.15) is 41.6 Å². The summed E-state index contributed by atoms with van der Waals surface area (Å²) >= 11 is 0. The van der Waals surface area contributed by atoms with Crippen LogP contribution in [0.4, 0.5) is 0 Å². The number of quaternary nitrogens is 1. The number of fused-ring (bicyclic) bond motifs is 2. The molecule has 2 atom stereocenters. The first-order chi connectivity index (χ1) is 12.7. The van der Waals surface area contributed by atoms with Gasteiger partial charge in [-0.3, -0.25) is 4.79 Å². The molecule has 1 N–H and O–H groups in total. The SMILES string of the molecule is C[NH+]1C2CCC1CC(N(CCc1ccccc1)C(=O)c1ccccc1)C2. The Morgan fingerprint density at radius 2 is 1.54 bits per heavy atom. The summed E-state index contributed by atoms with van der Waals surface area (Å²) in [5.74, 6) is 0.200. The number of benzene rings is 2. The van der Waals surface area contributed by atoms with Crippen LogP contribution in [-0.4, -0.2) is 42.5 Å². The van der Waals surface area contributed by atoms with Crippen molar-refractivity contribution in [2.24, 2.45) is 0 Å². The predicted molar refractivity (Wildman–Crippen MR) is 104 cm³/mol. The maximum Gasteiger partial charge on any atom is 0.254 e. The average molecular weight is 349 g/mol. The van der Waals surface area contributed by atoms with Crippen molar-refractivity contribution in [3.8, 4) is 0 Å². The third kappa shape index (κ3) is 3.54. The highest BCUT2D eigenvalue weighted by Gasteiger charge is 2.44. The first-order valence-electron chi connectivity index (χ1n) is 9.95. The summed E-state index contributed by atoms with van der Waals surface area (Å²) in [5, 5.41) is 0. The van der Waals surface area contributed by atoms with Crippen LogP contribution in [0.2, 0.25) is 0 Å². The summed E-state index contributed by atoms with van der Waals surface area (Å²) in [6.45, 7) is 0.806. The van der Waals surface area contributed by atoms with Crippen molar-refractivity contribution in [1.29, 1.82) is 0 Å². The zero-order valence-electron chi connectivity index (χ0n) is 15.6. The maximum absolute atomic E-state index is 13.3. The van der Waals surface area contributed by atoms with Crippen LogP contribution in [0.3, 0.4) is 0 Å². The molecule has 26 heavy (non-hydrogen) atoms. The molecular weight excluding hydrogens is 320 g/mol. The number of nitrogens with zero attached hydrogens (tertiary/aromatic N) is 1. The van der Waals surface area contributed by atoms with Gasteiger partial charge in [-0.1, -0.05) is 48.5 Å². The zero-order valence-corrected chi connectivity index (χ0v) is 15.6. The topological polar surface area (TPSA) is 24.8 Å². The molecule has 4 rings (SSSR count). The van der Waals surface area contributed by atoms with Crippen LogP contribution in [0.5, 0.6) is 0 Å². The first-order valence-corrected chi connectivity index (χ1v) is 9.95. The molecule has 2 bridgehead atoms. The third-order valence-electron chi connectivity index (χ3n) is 6.47. The minimum atomic E-state index is 0.200. The minimum Gasteiger partial charge on any atom is -0.335 e. The molecule has 0 aromatic heterocycles. The Labute approximate surface area is 156 Å². The Morgan fingerprint density at radius 3 is 2.15 bits per heavy atom. The van der Waals surface area contributed by atoms with Gasteiger partial charge in [0.1, 0.15) is 0 Å². The van der Waals surface area contributed by atoms with Gasteiger partial charge in [0.25, 0.3) is 5.91 Å².